The summed E-state index contributed by atoms with van der Waals surface area (Å²) >= 11 is 7.08. The van der Waals surface area contributed by atoms with Gasteiger partial charge in [0.05, 0.1) is 11.0 Å². The molecule has 0 bridgehead atoms. The Hall–Kier alpha value is -1.13. The number of aromatic nitrogens is 2. The average molecular weight is 380 g/mol. The fraction of sp³-hybridized carbons (Fsp3) is 0.133. The van der Waals surface area contributed by atoms with Gasteiger partial charge in [-0.25, -0.2) is 4.98 Å². The Morgan fingerprint density at radius 1 is 1.11 bits per heavy atom. The zero-order valence-electron chi connectivity index (χ0n) is 10.6. The number of nitrogens with one attached hydrogen (secondary N) is 1. The number of benzene rings is 2. The highest BCUT2D eigenvalue weighted by Gasteiger charge is 2.11. The molecule has 0 saturated heterocycles. The molecule has 0 amide bonds. The second-order valence-electron chi connectivity index (χ2n) is 4.62. The van der Waals surface area contributed by atoms with Crippen LogP contribution in [0.1, 0.15) is 11.1 Å². The summed E-state index contributed by atoms with van der Waals surface area (Å²) < 4.78 is 2.17. The molecule has 0 aliphatic rings. The zero-order chi connectivity index (χ0) is 13.6. The summed E-state index contributed by atoms with van der Waals surface area (Å²) in [7, 11) is 0. The van der Waals surface area contributed by atoms with Crippen LogP contribution in [0.3, 0.4) is 0 Å². The normalized spacial score (nSPS) is 11.2. The quantitative estimate of drug-likeness (QED) is 0.604. The van der Waals surface area contributed by atoms with Crippen molar-refractivity contribution in [2.45, 2.75) is 13.8 Å². The minimum atomic E-state index is 0.912. The van der Waals surface area contributed by atoms with Gasteiger partial charge >= 0.3 is 0 Å². The monoisotopic (exact) mass is 378 g/mol. The second-order valence-corrected chi connectivity index (χ2v) is 6.39. The van der Waals surface area contributed by atoms with Gasteiger partial charge in [0.2, 0.25) is 0 Å². The van der Waals surface area contributed by atoms with E-state index in [2.05, 4.69) is 68.9 Å². The number of nitrogens with zero attached hydrogens (tertiary/aromatic N) is 1. The molecule has 0 aliphatic carbocycles. The summed E-state index contributed by atoms with van der Waals surface area (Å²) in [5, 5.41) is 0. The first-order valence-corrected chi connectivity index (χ1v) is 7.56. The number of fused-ring (bicyclic) bond motifs is 1. The van der Waals surface area contributed by atoms with Crippen LogP contribution in [0.15, 0.2) is 39.3 Å². The van der Waals surface area contributed by atoms with Gasteiger partial charge < -0.3 is 4.98 Å². The van der Waals surface area contributed by atoms with Crippen molar-refractivity contribution < 1.29 is 0 Å². The predicted molar refractivity (Wildman–Crippen MR) is 86.4 cm³/mol. The van der Waals surface area contributed by atoms with Crippen LogP contribution in [-0.2, 0) is 0 Å². The molecule has 3 aromatic rings. The van der Waals surface area contributed by atoms with E-state index in [1.54, 1.807) is 0 Å². The molecule has 0 fully saturated rings. The molecule has 4 heteroatoms. The van der Waals surface area contributed by atoms with E-state index in [-0.39, 0.29) is 0 Å². The maximum Gasteiger partial charge on any atom is 0.138 e. The third-order valence-corrected chi connectivity index (χ3v) is 4.58. The number of imidazole rings is 1. The maximum atomic E-state index is 4.73. The molecule has 2 aromatic carbocycles. The molecule has 3 rings (SSSR count). The highest BCUT2D eigenvalue weighted by Crippen LogP contribution is 2.30. The summed E-state index contributed by atoms with van der Waals surface area (Å²) in [6, 6.07) is 10.3. The first-order chi connectivity index (χ1) is 9.06. The van der Waals surface area contributed by atoms with Gasteiger partial charge in [0, 0.05) is 14.5 Å². The fourth-order valence-corrected chi connectivity index (χ4v) is 3.18. The third-order valence-electron chi connectivity index (χ3n) is 3.26. The van der Waals surface area contributed by atoms with Gasteiger partial charge in [0.25, 0.3) is 0 Å². The largest absolute Gasteiger partial charge is 0.338 e. The Morgan fingerprint density at radius 2 is 1.89 bits per heavy atom. The number of aromatic amines is 1. The lowest BCUT2D eigenvalue weighted by molar-refractivity contribution is 1.29. The number of hydrogen-bond acceptors (Lipinski definition) is 1. The lowest BCUT2D eigenvalue weighted by Gasteiger charge is -2.03. The highest BCUT2D eigenvalue weighted by molar-refractivity contribution is 9.10. The Kier molecular flexibility index (Phi) is 3.23. The molecule has 0 unspecified atom stereocenters. The van der Waals surface area contributed by atoms with E-state index in [9.17, 15) is 0 Å². The van der Waals surface area contributed by atoms with E-state index < -0.39 is 0 Å². The molecule has 96 valence electrons. The molecule has 1 aromatic heterocycles. The van der Waals surface area contributed by atoms with E-state index in [0.29, 0.717) is 0 Å². The van der Waals surface area contributed by atoms with Crippen LogP contribution in [-0.4, -0.2) is 9.97 Å². The van der Waals surface area contributed by atoms with E-state index in [1.807, 2.05) is 12.1 Å². The van der Waals surface area contributed by atoms with Gasteiger partial charge in [-0.15, -0.1) is 0 Å². The molecule has 0 spiro atoms. The van der Waals surface area contributed by atoms with Crippen LogP contribution >= 0.6 is 31.9 Å². The smallest absolute Gasteiger partial charge is 0.138 e. The van der Waals surface area contributed by atoms with Crippen molar-refractivity contribution in [1.82, 2.24) is 9.97 Å². The fourth-order valence-electron chi connectivity index (χ4n) is 2.24. The summed E-state index contributed by atoms with van der Waals surface area (Å²) in [5.74, 6) is 0.912. The Balaban J connectivity index is 2.26. The number of hydrogen-bond donors (Lipinski definition) is 1. The maximum absolute atomic E-state index is 4.73. The first kappa shape index (κ1) is 12.9. The van der Waals surface area contributed by atoms with Crippen molar-refractivity contribution in [3.8, 4) is 11.4 Å². The van der Waals surface area contributed by atoms with Crippen molar-refractivity contribution >= 4 is 42.9 Å². The van der Waals surface area contributed by atoms with Crippen LogP contribution in [0.2, 0.25) is 0 Å². The minimum absolute atomic E-state index is 0.912. The lowest BCUT2D eigenvalue weighted by atomic mass is 10.1. The third kappa shape index (κ3) is 2.23. The van der Waals surface area contributed by atoms with E-state index >= 15 is 0 Å². The topological polar surface area (TPSA) is 28.7 Å². The van der Waals surface area contributed by atoms with Crippen LogP contribution in [0.4, 0.5) is 0 Å². The minimum Gasteiger partial charge on any atom is -0.338 e. The summed E-state index contributed by atoms with van der Waals surface area (Å²) in [5.41, 5.74) is 5.57. The lowest BCUT2D eigenvalue weighted by Crippen LogP contribution is -1.86. The van der Waals surface area contributed by atoms with Gasteiger partial charge in [-0.2, -0.15) is 0 Å². The van der Waals surface area contributed by atoms with E-state index in [0.717, 1.165) is 31.4 Å². The van der Waals surface area contributed by atoms with Crippen LogP contribution in [0.25, 0.3) is 22.4 Å². The van der Waals surface area contributed by atoms with Gasteiger partial charge in [0.15, 0.2) is 0 Å². The van der Waals surface area contributed by atoms with E-state index in [4.69, 9.17) is 4.98 Å². The molecule has 0 radical (unpaired) electrons. The van der Waals surface area contributed by atoms with Crippen molar-refractivity contribution in [2.24, 2.45) is 0 Å². The average Bonchev–Trinajstić information content (AvgIpc) is 2.76. The molecule has 1 N–H and O–H groups in total. The van der Waals surface area contributed by atoms with Crippen LogP contribution in [0, 0.1) is 13.8 Å². The molecular formula is C15H12Br2N2. The molecule has 0 aliphatic heterocycles. The Labute approximate surface area is 128 Å². The van der Waals surface area contributed by atoms with Gasteiger partial charge in [-0.3, -0.25) is 0 Å². The number of halogens is 2. The zero-order valence-corrected chi connectivity index (χ0v) is 13.8. The predicted octanol–water partition coefficient (Wildman–Crippen LogP) is 5.37. The summed E-state index contributed by atoms with van der Waals surface area (Å²) in [6.07, 6.45) is 0. The number of H-pyrrole nitrogens is 1. The number of aryl methyl sites for hydroxylation is 1. The molecule has 2 nitrogen and oxygen atoms in total. The molecule has 1 heterocycles. The first-order valence-electron chi connectivity index (χ1n) is 5.97. The summed E-state index contributed by atoms with van der Waals surface area (Å²) in [6.45, 7) is 4.17. The van der Waals surface area contributed by atoms with Gasteiger partial charge in [0.1, 0.15) is 5.82 Å². The van der Waals surface area contributed by atoms with Crippen molar-refractivity contribution in [3.05, 3.63) is 50.4 Å². The second kappa shape index (κ2) is 4.76. The van der Waals surface area contributed by atoms with Crippen LogP contribution in [0.5, 0.6) is 0 Å². The standard InChI is InChI=1S/C15H12Br2N2/c1-8-6-10(16)7-13-14(8)19-15(18-13)11-4-3-5-12(17)9(11)2/h3-7H,1-2H3,(H,18,19). The van der Waals surface area contributed by atoms with Gasteiger partial charge in [-0.05, 0) is 43.2 Å². The Morgan fingerprint density at radius 3 is 2.68 bits per heavy atom. The van der Waals surface area contributed by atoms with Crippen molar-refractivity contribution in [3.63, 3.8) is 0 Å². The molecule has 0 atom stereocenters. The molecule has 0 saturated carbocycles. The molecular weight excluding hydrogens is 368 g/mol. The highest BCUT2D eigenvalue weighted by atomic mass is 79.9. The molecule has 19 heavy (non-hydrogen) atoms. The summed E-state index contributed by atoms with van der Waals surface area (Å²) in [4.78, 5) is 8.13. The van der Waals surface area contributed by atoms with Crippen LogP contribution < -0.4 is 0 Å². The number of rotatable bonds is 1. The van der Waals surface area contributed by atoms with Crippen molar-refractivity contribution in [1.29, 1.82) is 0 Å². The van der Waals surface area contributed by atoms with E-state index in [1.165, 1.54) is 11.1 Å². The SMILES string of the molecule is Cc1c(Br)cccc1-c1nc2c(C)cc(Br)cc2[nH]1. The van der Waals surface area contributed by atoms with Crippen molar-refractivity contribution in [2.75, 3.05) is 0 Å². The Bertz CT molecular complexity index is 775. The van der Waals surface area contributed by atoms with Gasteiger partial charge in [-0.1, -0.05) is 44.0 Å².